The maximum atomic E-state index is 11.7. The van der Waals surface area contributed by atoms with Crippen molar-refractivity contribution in [3.8, 4) is 5.75 Å². The maximum Gasteiger partial charge on any atom is 0.311 e. The summed E-state index contributed by atoms with van der Waals surface area (Å²) in [5, 5.41) is 9.62. The van der Waals surface area contributed by atoms with Gasteiger partial charge in [-0.05, 0) is 30.4 Å². The van der Waals surface area contributed by atoms with Gasteiger partial charge in [-0.25, -0.2) is 0 Å². The zero-order chi connectivity index (χ0) is 13.6. The maximum absolute atomic E-state index is 11.7. The van der Waals surface area contributed by atoms with Crippen LogP contribution in [0.2, 0.25) is 0 Å². The molecule has 1 N–H and O–H groups in total. The Morgan fingerprint density at radius 3 is 2.89 bits per heavy atom. The molecule has 3 unspecified atom stereocenters. The number of ether oxygens (including phenoxy) is 1. The van der Waals surface area contributed by atoms with E-state index in [0.29, 0.717) is 6.04 Å². The van der Waals surface area contributed by atoms with Crippen molar-refractivity contribution in [2.45, 2.75) is 31.2 Å². The number of anilines is 1. The number of para-hydroxylation sites is 1. The van der Waals surface area contributed by atoms with Crippen LogP contribution < -0.4 is 9.64 Å². The van der Waals surface area contributed by atoms with Gasteiger partial charge in [-0.3, -0.25) is 4.79 Å². The van der Waals surface area contributed by atoms with Crippen LogP contribution >= 0.6 is 0 Å². The Labute approximate surface area is 113 Å². The lowest BCUT2D eigenvalue weighted by Gasteiger charge is -2.42. The number of methoxy groups -OCH3 is 1. The minimum absolute atomic E-state index is 0.224. The average molecular weight is 261 g/mol. The minimum atomic E-state index is -0.709. The molecule has 1 aromatic rings. The van der Waals surface area contributed by atoms with Crippen LogP contribution in [0.4, 0.5) is 5.69 Å². The Bertz CT molecular complexity index is 514. The number of carboxylic acids is 1. The van der Waals surface area contributed by atoms with Crippen molar-refractivity contribution in [3.63, 3.8) is 0 Å². The van der Waals surface area contributed by atoms with E-state index in [2.05, 4.69) is 11.9 Å². The lowest BCUT2D eigenvalue weighted by atomic mass is 9.77. The van der Waals surface area contributed by atoms with Crippen LogP contribution in [0, 0.1) is 5.92 Å². The van der Waals surface area contributed by atoms with Gasteiger partial charge in [0.1, 0.15) is 5.75 Å². The monoisotopic (exact) mass is 261 g/mol. The van der Waals surface area contributed by atoms with E-state index in [4.69, 9.17) is 4.74 Å². The van der Waals surface area contributed by atoms with Crippen LogP contribution in [0.1, 0.15) is 30.7 Å². The molecule has 0 spiro atoms. The molecule has 1 aliphatic heterocycles. The second-order valence-electron chi connectivity index (χ2n) is 5.49. The molecule has 0 radical (unpaired) electrons. The molecule has 1 saturated carbocycles. The van der Waals surface area contributed by atoms with Crippen LogP contribution in [-0.4, -0.2) is 31.3 Å². The number of aliphatic carboxylic acids is 1. The van der Waals surface area contributed by atoms with Gasteiger partial charge >= 0.3 is 5.97 Å². The highest BCUT2D eigenvalue weighted by molar-refractivity contribution is 5.83. The Kier molecular flexibility index (Phi) is 2.88. The van der Waals surface area contributed by atoms with Crippen molar-refractivity contribution in [2.24, 2.45) is 5.92 Å². The predicted octanol–water partition coefficient (Wildman–Crippen LogP) is 2.48. The summed E-state index contributed by atoms with van der Waals surface area (Å²) in [7, 11) is 3.70. The first-order chi connectivity index (χ1) is 9.15. The summed E-state index contributed by atoms with van der Waals surface area (Å²) in [6, 6.07) is 6.05. The lowest BCUT2D eigenvalue weighted by molar-refractivity contribution is -0.140. The topological polar surface area (TPSA) is 49.8 Å². The average Bonchev–Trinajstić information content (AvgIpc) is 2.87. The van der Waals surface area contributed by atoms with E-state index >= 15 is 0 Å². The minimum Gasteiger partial charge on any atom is -0.495 e. The van der Waals surface area contributed by atoms with Crippen molar-refractivity contribution >= 4 is 11.7 Å². The number of carbonyl (C=O) groups is 1. The third kappa shape index (κ3) is 1.70. The summed E-state index contributed by atoms with van der Waals surface area (Å²) < 4.78 is 5.42. The highest BCUT2D eigenvalue weighted by Crippen LogP contribution is 2.51. The number of rotatable bonds is 2. The summed E-state index contributed by atoms with van der Waals surface area (Å²) in [5.41, 5.74) is 1.86. The molecule has 0 amide bonds. The van der Waals surface area contributed by atoms with Crippen molar-refractivity contribution < 1.29 is 14.6 Å². The standard InChI is InChI=1S/C15H19NO3/c1-16-11-7-3-5-9(11)13(15(17)18)10-6-4-8-12(19-2)14(10)16/h4,6,8-9,11,13H,3,5,7H2,1-2H3,(H,17,18). The first-order valence-electron chi connectivity index (χ1n) is 6.77. The number of carboxylic acid groups (broad SMARTS) is 1. The second kappa shape index (κ2) is 4.44. The molecule has 1 aromatic carbocycles. The zero-order valence-electron chi connectivity index (χ0n) is 11.3. The molecule has 1 heterocycles. The van der Waals surface area contributed by atoms with Gasteiger partial charge in [-0.1, -0.05) is 18.6 Å². The number of nitrogens with zero attached hydrogens (tertiary/aromatic N) is 1. The molecule has 0 aromatic heterocycles. The van der Waals surface area contributed by atoms with Crippen molar-refractivity contribution in [2.75, 3.05) is 19.1 Å². The molecule has 19 heavy (non-hydrogen) atoms. The van der Waals surface area contributed by atoms with Crippen LogP contribution in [0.25, 0.3) is 0 Å². The van der Waals surface area contributed by atoms with Gasteiger partial charge in [0, 0.05) is 13.1 Å². The molecular formula is C15H19NO3. The van der Waals surface area contributed by atoms with E-state index in [1.54, 1.807) is 7.11 Å². The first-order valence-corrected chi connectivity index (χ1v) is 6.77. The fourth-order valence-corrected chi connectivity index (χ4v) is 3.88. The molecule has 3 atom stereocenters. The number of hydrogen-bond acceptors (Lipinski definition) is 3. The summed E-state index contributed by atoms with van der Waals surface area (Å²) in [4.78, 5) is 13.9. The Morgan fingerprint density at radius 1 is 1.42 bits per heavy atom. The van der Waals surface area contributed by atoms with Gasteiger partial charge in [0.15, 0.2) is 0 Å². The van der Waals surface area contributed by atoms with Gasteiger partial charge < -0.3 is 14.7 Å². The smallest absolute Gasteiger partial charge is 0.311 e. The molecule has 0 bridgehead atoms. The van der Waals surface area contributed by atoms with E-state index in [-0.39, 0.29) is 5.92 Å². The first kappa shape index (κ1) is 12.3. The van der Waals surface area contributed by atoms with E-state index in [1.807, 2.05) is 18.2 Å². The zero-order valence-corrected chi connectivity index (χ0v) is 11.3. The van der Waals surface area contributed by atoms with Gasteiger partial charge in [0.2, 0.25) is 0 Å². The lowest BCUT2D eigenvalue weighted by Crippen LogP contribution is -2.44. The normalized spacial score (nSPS) is 28.7. The van der Waals surface area contributed by atoms with Crippen molar-refractivity contribution in [3.05, 3.63) is 23.8 Å². The van der Waals surface area contributed by atoms with Crippen LogP contribution in [0.3, 0.4) is 0 Å². The molecule has 4 nitrogen and oxygen atoms in total. The largest absolute Gasteiger partial charge is 0.495 e. The van der Waals surface area contributed by atoms with E-state index < -0.39 is 11.9 Å². The molecule has 1 fully saturated rings. The molecule has 102 valence electrons. The Balaban J connectivity index is 2.18. The van der Waals surface area contributed by atoms with Crippen LogP contribution in [0.5, 0.6) is 5.75 Å². The SMILES string of the molecule is COc1cccc2c1N(C)C1CCCC1C2C(=O)O. The highest BCUT2D eigenvalue weighted by Gasteiger charge is 2.46. The number of fused-ring (bicyclic) bond motifs is 2. The van der Waals surface area contributed by atoms with E-state index in [1.165, 1.54) is 0 Å². The summed E-state index contributed by atoms with van der Waals surface area (Å²) in [6.45, 7) is 0. The van der Waals surface area contributed by atoms with Gasteiger partial charge in [0.25, 0.3) is 0 Å². The molecule has 4 heteroatoms. The van der Waals surface area contributed by atoms with Gasteiger partial charge in [0.05, 0.1) is 18.7 Å². The van der Waals surface area contributed by atoms with E-state index in [0.717, 1.165) is 36.3 Å². The fraction of sp³-hybridized carbons (Fsp3) is 0.533. The van der Waals surface area contributed by atoms with Crippen LogP contribution in [0.15, 0.2) is 18.2 Å². The molecule has 2 aliphatic rings. The quantitative estimate of drug-likeness (QED) is 0.888. The molecule has 0 saturated heterocycles. The molecule has 3 rings (SSSR count). The number of benzene rings is 1. The van der Waals surface area contributed by atoms with Crippen LogP contribution in [-0.2, 0) is 4.79 Å². The summed E-state index contributed by atoms with van der Waals surface area (Å²) in [5.74, 6) is -0.105. The number of hydrogen-bond donors (Lipinski definition) is 1. The second-order valence-corrected chi connectivity index (χ2v) is 5.49. The third-order valence-corrected chi connectivity index (χ3v) is 4.66. The summed E-state index contributed by atoms with van der Waals surface area (Å²) in [6.07, 6.45) is 3.19. The predicted molar refractivity (Wildman–Crippen MR) is 72.9 cm³/mol. The third-order valence-electron chi connectivity index (χ3n) is 4.66. The van der Waals surface area contributed by atoms with Crippen molar-refractivity contribution in [1.29, 1.82) is 0 Å². The Hall–Kier alpha value is -1.71. The summed E-state index contributed by atoms with van der Waals surface area (Å²) >= 11 is 0. The Morgan fingerprint density at radius 2 is 2.21 bits per heavy atom. The van der Waals surface area contributed by atoms with Gasteiger partial charge in [-0.2, -0.15) is 0 Å². The van der Waals surface area contributed by atoms with Gasteiger partial charge in [-0.15, -0.1) is 0 Å². The van der Waals surface area contributed by atoms with Crippen molar-refractivity contribution in [1.82, 2.24) is 0 Å². The fourth-order valence-electron chi connectivity index (χ4n) is 3.88. The highest BCUT2D eigenvalue weighted by atomic mass is 16.5. The van der Waals surface area contributed by atoms with E-state index in [9.17, 15) is 9.90 Å². The molecular weight excluding hydrogens is 242 g/mol. The molecule has 1 aliphatic carbocycles.